The van der Waals surface area contributed by atoms with Crippen LogP contribution in [-0.2, 0) is 17.9 Å². The van der Waals surface area contributed by atoms with E-state index in [1.165, 1.54) is 46.8 Å². The molecule has 0 fully saturated rings. The molecule has 1 amide bonds. The molecule has 1 unspecified atom stereocenters. The predicted octanol–water partition coefficient (Wildman–Crippen LogP) is 4.21. The standard InChI is InChI=1S/C23H16Cl2F6N8O2/c24-14-5-3-13(4-6-14)19-36-38(11-17-33-12-39(35-17)20-15(25)2-1-9-32-20)21(41)37(19)10-16(23(29,30)31)34-18(40)7-8-22(26,27)28/h1-9,12,16H,10-11H2,(H,34,40)/b8-7+. The van der Waals surface area contributed by atoms with Gasteiger partial charge in [0.15, 0.2) is 17.5 Å². The highest BCUT2D eigenvalue weighted by molar-refractivity contribution is 6.32. The fraction of sp³-hybridized carbons (Fsp3) is 0.217. The average molecular weight is 621 g/mol. The Bertz CT molecular complexity index is 1630. The second kappa shape index (κ2) is 11.7. The quantitative estimate of drug-likeness (QED) is 0.233. The van der Waals surface area contributed by atoms with Crippen molar-refractivity contribution in [1.29, 1.82) is 0 Å². The van der Waals surface area contributed by atoms with Gasteiger partial charge >= 0.3 is 18.0 Å². The lowest BCUT2D eigenvalue weighted by Crippen LogP contribution is -2.49. The molecule has 1 aromatic carbocycles. The number of hydrogen-bond donors (Lipinski definition) is 1. The molecule has 10 nitrogen and oxygen atoms in total. The highest BCUT2D eigenvalue weighted by Gasteiger charge is 2.42. The summed E-state index contributed by atoms with van der Waals surface area (Å²) < 4.78 is 81.3. The Morgan fingerprint density at radius 3 is 2.37 bits per heavy atom. The van der Waals surface area contributed by atoms with Crippen LogP contribution in [0.25, 0.3) is 17.2 Å². The van der Waals surface area contributed by atoms with Crippen LogP contribution in [0.4, 0.5) is 26.3 Å². The van der Waals surface area contributed by atoms with Crippen molar-refractivity contribution in [3.8, 4) is 17.2 Å². The number of carbonyl (C=O) groups is 1. The monoisotopic (exact) mass is 620 g/mol. The minimum absolute atomic E-state index is 0.0269. The zero-order valence-electron chi connectivity index (χ0n) is 20.2. The van der Waals surface area contributed by atoms with Crippen LogP contribution in [-0.4, -0.2) is 58.4 Å². The van der Waals surface area contributed by atoms with Crippen LogP contribution in [0.15, 0.2) is 65.9 Å². The van der Waals surface area contributed by atoms with Crippen LogP contribution in [0.3, 0.4) is 0 Å². The fourth-order valence-corrected chi connectivity index (χ4v) is 3.81. The molecule has 4 rings (SSSR count). The van der Waals surface area contributed by atoms with Crippen LogP contribution in [0, 0.1) is 0 Å². The smallest absolute Gasteiger partial charge is 0.339 e. The van der Waals surface area contributed by atoms with Crippen LogP contribution in [0.5, 0.6) is 0 Å². The Labute approximate surface area is 235 Å². The number of benzene rings is 1. The van der Waals surface area contributed by atoms with Gasteiger partial charge in [-0.15, -0.1) is 10.2 Å². The molecular weight excluding hydrogens is 605 g/mol. The van der Waals surface area contributed by atoms with Gasteiger partial charge in [-0.3, -0.25) is 9.36 Å². The lowest BCUT2D eigenvalue weighted by molar-refractivity contribution is -0.163. The number of hydrogen-bond acceptors (Lipinski definition) is 6. The first-order chi connectivity index (χ1) is 19.2. The number of halogens is 8. The van der Waals surface area contributed by atoms with E-state index in [0.29, 0.717) is 9.59 Å². The van der Waals surface area contributed by atoms with Gasteiger partial charge in [-0.1, -0.05) is 23.2 Å². The normalized spacial score (nSPS) is 13.1. The Morgan fingerprint density at radius 2 is 1.73 bits per heavy atom. The van der Waals surface area contributed by atoms with E-state index in [9.17, 15) is 35.9 Å². The van der Waals surface area contributed by atoms with Crippen molar-refractivity contribution in [1.82, 2.24) is 39.4 Å². The van der Waals surface area contributed by atoms with Crippen molar-refractivity contribution < 1.29 is 31.1 Å². The van der Waals surface area contributed by atoms with Crippen LogP contribution in [0.2, 0.25) is 10.0 Å². The van der Waals surface area contributed by atoms with Gasteiger partial charge in [-0.05, 0) is 36.4 Å². The summed E-state index contributed by atoms with van der Waals surface area (Å²) >= 11 is 12.0. The second-order valence-electron chi connectivity index (χ2n) is 8.27. The van der Waals surface area contributed by atoms with Gasteiger partial charge in [0.25, 0.3) is 0 Å². The van der Waals surface area contributed by atoms with Gasteiger partial charge in [0.05, 0.1) is 11.6 Å². The zero-order chi connectivity index (χ0) is 29.9. The molecule has 3 aromatic heterocycles. The van der Waals surface area contributed by atoms with E-state index < -0.39 is 42.6 Å². The minimum atomic E-state index is -5.15. The first kappa shape index (κ1) is 29.8. The molecule has 0 saturated carbocycles. The molecule has 0 bridgehead atoms. The first-order valence-corrected chi connectivity index (χ1v) is 12.0. The third-order valence-electron chi connectivity index (χ3n) is 5.31. The van der Waals surface area contributed by atoms with E-state index in [1.807, 2.05) is 0 Å². The third kappa shape index (κ3) is 7.52. The molecule has 1 N–H and O–H groups in total. The lowest BCUT2D eigenvalue weighted by Gasteiger charge is -2.21. The van der Waals surface area contributed by atoms with Gasteiger partial charge in [0, 0.05) is 28.9 Å². The summed E-state index contributed by atoms with van der Waals surface area (Å²) in [6, 6.07) is 6.02. The van der Waals surface area contributed by atoms with E-state index in [-0.39, 0.29) is 40.7 Å². The van der Waals surface area contributed by atoms with E-state index in [4.69, 9.17) is 23.2 Å². The Hall–Kier alpha value is -4.18. The molecule has 4 aromatic rings. The van der Waals surface area contributed by atoms with Gasteiger partial charge in [0.2, 0.25) is 5.91 Å². The molecular formula is C23H16Cl2F6N8O2. The molecule has 0 aliphatic carbocycles. The van der Waals surface area contributed by atoms with Gasteiger partial charge in [0.1, 0.15) is 18.9 Å². The Balaban J connectivity index is 1.70. The van der Waals surface area contributed by atoms with Gasteiger partial charge < -0.3 is 5.32 Å². The van der Waals surface area contributed by atoms with Gasteiger partial charge in [-0.25, -0.2) is 24.1 Å². The number of pyridine rings is 1. The van der Waals surface area contributed by atoms with E-state index in [0.717, 1.165) is 4.68 Å². The number of carbonyl (C=O) groups excluding carboxylic acids is 1. The molecule has 216 valence electrons. The van der Waals surface area contributed by atoms with Crippen LogP contribution in [0.1, 0.15) is 5.82 Å². The summed E-state index contributed by atoms with van der Waals surface area (Å²) in [5.41, 5.74) is -0.857. The molecule has 0 radical (unpaired) electrons. The molecule has 0 aliphatic rings. The number of nitrogens with zero attached hydrogens (tertiary/aromatic N) is 7. The van der Waals surface area contributed by atoms with Crippen molar-refractivity contribution in [3.05, 3.63) is 87.4 Å². The van der Waals surface area contributed by atoms with Crippen molar-refractivity contribution in [2.45, 2.75) is 31.5 Å². The maximum absolute atomic E-state index is 13.8. The summed E-state index contributed by atoms with van der Waals surface area (Å²) in [6.07, 6.45) is -7.95. The van der Waals surface area contributed by atoms with Crippen molar-refractivity contribution in [3.63, 3.8) is 0 Å². The summed E-state index contributed by atoms with van der Waals surface area (Å²) in [5, 5.41) is 10.3. The SMILES string of the molecule is O=C(/C=C/C(F)(F)F)NC(Cn1c(-c2ccc(Cl)cc2)nn(Cc2ncn(-c3ncccc3Cl)n2)c1=O)C(F)(F)F. The molecule has 0 aliphatic heterocycles. The molecule has 18 heteroatoms. The number of amides is 1. The molecule has 0 saturated heterocycles. The van der Waals surface area contributed by atoms with Crippen LogP contribution >= 0.6 is 23.2 Å². The second-order valence-corrected chi connectivity index (χ2v) is 9.12. The first-order valence-electron chi connectivity index (χ1n) is 11.3. The van der Waals surface area contributed by atoms with Crippen LogP contribution < -0.4 is 11.0 Å². The number of rotatable bonds is 8. The van der Waals surface area contributed by atoms with E-state index in [2.05, 4.69) is 20.2 Å². The zero-order valence-corrected chi connectivity index (χ0v) is 21.7. The highest BCUT2D eigenvalue weighted by Crippen LogP contribution is 2.25. The Kier molecular flexibility index (Phi) is 8.53. The average Bonchev–Trinajstić information content (AvgIpc) is 3.47. The summed E-state index contributed by atoms with van der Waals surface area (Å²) in [7, 11) is 0. The highest BCUT2D eigenvalue weighted by atomic mass is 35.5. The van der Waals surface area contributed by atoms with E-state index >= 15 is 0 Å². The Morgan fingerprint density at radius 1 is 1.02 bits per heavy atom. The summed E-state index contributed by atoms with van der Waals surface area (Å²) in [5.74, 6) is -1.65. The predicted molar refractivity (Wildman–Crippen MR) is 133 cm³/mol. The number of nitrogens with one attached hydrogen (secondary N) is 1. The number of aromatic nitrogens is 7. The molecule has 1 atom stereocenters. The van der Waals surface area contributed by atoms with E-state index in [1.54, 1.807) is 12.1 Å². The molecule has 0 spiro atoms. The molecule has 3 heterocycles. The third-order valence-corrected chi connectivity index (χ3v) is 5.86. The van der Waals surface area contributed by atoms with Crippen molar-refractivity contribution in [2.24, 2.45) is 0 Å². The van der Waals surface area contributed by atoms with Crippen molar-refractivity contribution in [2.75, 3.05) is 0 Å². The summed E-state index contributed by atoms with van der Waals surface area (Å²) in [6.45, 7) is -1.60. The largest absolute Gasteiger partial charge is 0.410 e. The van der Waals surface area contributed by atoms with Crippen molar-refractivity contribution >= 4 is 29.1 Å². The maximum atomic E-state index is 13.8. The summed E-state index contributed by atoms with van der Waals surface area (Å²) in [4.78, 5) is 33.3. The van der Waals surface area contributed by atoms with Gasteiger partial charge in [-0.2, -0.15) is 26.3 Å². The lowest BCUT2D eigenvalue weighted by atomic mass is 10.2. The number of alkyl halides is 6. The topological polar surface area (TPSA) is 113 Å². The fourth-order valence-electron chi connectivity index (χ4n) is 3.48. The minimum Gasteiger partial charge on any atom is -0.339 e. The maximum Gasteiger partial charge on any atom is 0.410 e. The molecule has 41 heavy (non-hydrogen) atoms. The number of allylic oxidation sites excluding steroid dienone is 1.